The summed E-state index contributed by atoms with van der Waals surface area (Å²) >= 11 is 3.43. The normalized spacial score (nSPS) is 20.0. The van der Waals surface area contributed by atoms with Gasteiger partial charge in [0.15, 0.2) is 0 Å². The van der Waals surface area contributed by atoms with Crippen molar-refractivity contribution in [1.82, 2.24) is 0 Å². The zero-order chi connectivity index (χ0) is 11.5. The Bertz CT molecular complexity index is 397. The molecule has 0 saturated carbocycles. The lowest BCUT2D eigenvalue weighted by molar-refractivity contribution is 0.178. The van der Waals surface area contributed by atoms with E-state index in [1.165, 1.54) is 0 Å². The van der Waals surface area contributed by atoms with Crippen LogP contribution in [0.4, 0.5) is 10.5 Å². The molecule has 0 aliphatic carbocycles. The Hall–Kier alpha value is -1.07. The molecule has 5 heteroatoms. The lowest BCUT2D eigenvalue weighted by Crippen LogP contribution is -2.35. The molecule has 4 nitrogen and oxygen atoms in total. The molecule has 1 atom stereocenters. The van der Waals surface area contributed by atoms with Gasteiger partial charge in [-0.15, -0.1) is 0 Å². The number of rotatable bonds is 3. The summed E-state index contributed by atoms with van der Waals surface area (Å²) in [6.45, 7) is 0.958. The molecule has 1 amide bonds. The molecule has 1 aromatic rings. The van der Waals surface area contributed by atoms with E-state index in [2.05, 4.69) is 15.9 Å². The molecule has 1 unspecified atom stereocenters. The highest BCUT2D eigenvalue weighted by Crippen LogP contribution is 2.31. The van der Waals surface area contributed by atoms with Gasteiger partial charge in [-0.2, -0.15) is 0 Å². The van der Waals surface area contributed by atoms with Gasteiger partial charge in [-0.3, -0.25) is 4.90 Å². The van der Waals surface area contributed by atoms with Crippen LogP contribution in [0.3, 0.4) is 0 Å². The average Bonchev–Trinajstić information content (AvgIpc) is 2.62. The molecule has 2 N–H and O–H groups in total. The van der Waals surface area contributed by atoms with Crippen molar-refractivity contribution in [2.45, 2.75) is 12.5 Å². The van der Waals surface area contributed by atoms with Gasteiger partial charge in [-0.25, -0.2) is 4.79 Å². The van der Waals surface area contributed by atoms with Crippen molar-refractivity contribution < 1.29 is 9.53 Å². The highest BCUT2D eigenvalue weighted by molar-refractivity contribution is 9.10. The smallest absolute Gasteiger partial charge is 0.414 e. The number of nitrogens with zero attached hydrogens (tertiary/aromatic N) is 1. The third kappa shape index (κ3) is 2.05. The summed E-state index contributed by atoms with van der Waals surface area (Å²) in [6.07, 6.45) is 0.443. The largest absolute Gasteiger partial charge is 0.447 e. The van der Waals surface area contributed by atoms with E-state index in [0.29, 0.717) is 13.2 Å². The molecule has 1 aliphatic rings. The first-order valence-electron chi connectivity index (χ1n) is 5.14. The van der Waals surface area contributed by atoms with Crippen LogP contribution in [0.25, 0.3) is 0 Å². The highest BCUT2D eigenvalue weighted by atomic mass is 79.9. The molecule has 1 fully saturated rings. The van der Waals surface area contributed by atoms with Crippen molar-refractivity contribution in [2.75, 3.05) is 18.1 Å². The van der Waals surface area contributed by atoms with Crippen molar-refractivity contribution >= 4 is 27.7 Å². The summed E-state index contributed by atoms with van der Waals surface area (Å²) in [5, 5.41) is 0. The van der Waals surface area contributed by atoms with E-state index in [9.17, 15) is 4.79 Å². The number of hydrogen-bond acceptors (Lipinski definition) is 3. The molecule has 0 aromatic heterocycles. The van der Waals surface area contributed by atoms with Crippen LogP contribution in [0.15, 0.2) is 28.7 Å². The minimum atomic E-state index is -0.301. The van der Waals surface area contributed by atoms with E-state index in [0.717, 1.165) is 16.6 Å². The van der Waals surface area contributed by atoms with Crippen LogP contribution in [0.5, 0.6) is 0 Å². The number of carbonyl (C=O) groups excluding carboxylic acids is 1. The van der Waals surface area contributed by atoms with Crippen molar-refractivity contribution in [3.05, 3.63) is 28.7 Å². The number of halogens is 1. The van der Waals surface area contributed by atoms with Gasteiger partial charge >= 0.3 is 6.09 Å². The maximum Gasteiger partial charge on any atom is 0.414 e. The maximum atomic E-state index is 11.7. The number of nitrogens with two attached hydrogens (primary N) is 1. The fourth-order valence-corrected chi connectivity index (χ4v) is 2.28. The minimum Gasteiger partial charge on any atom is -0.447 e. The second kappa shape index (κ2) is 4.84. The van der Waals surface area contributed by atoms with Crippen molar-refractivity contribution in [3.63, 3.8) is 0 Å². The van der Waals surface area contributed by atoms with Crippen LogP contribution >= 0.6 is 15.9 Å². The standard InChI is InChI=1S/C11H13BrN2O2/c12-9-3-1-2-4-10(9)14-8(5-6-13)7-16-11(14)15/h1-4,8H,5-7,13H2. The van der Waals surface area contributed by atoms with Gasteiger partial charge in [-0.1, -0.05) is 12.1 Å². The second-order valence-electron chi connectivity index (χ2n) is 3.63. The number of para-hydroxylation sites is 1. The van der Waals surface area contributed by atoms with Crippen LogP contribution < -0.4 is 10.6 Å². The van der Waals surface area contributed by atoms with Crippen LogP contribution in [0.1, 0.15) is 6.42 Å². The quantitative estimate of drug-likeness (QED) is 0.925. The first kappa shape index (κ1) is 11.4. The predicted octanol–water partition coefficient (Wildman–Crippen LogP) is 2.12. The monoisotopic (exact) mass is 284 g/mol. The molecule has 0 radical (unpaired) electrons. The summed E-state index contributed by atoms with van der Waals surface area (Å²) in [4.78, 5) is 13.3. The fourth-order valence-electron chi connectivity index (χ4n) is 1.81. The number of anilines is 1. The van der Waals surface area contributed by atoms with Gasteiger partial charge in [-0.05, 0) is 41.0 Å². The first-order chi connectivity index (χ1) is 7.74. The summed E-state index contributed by atoms with van der Waals surface area (Å²) in [7, 11) is 0. The Morgan fingerprint density at radius 3 is 2.94 bits per heavy atom. The first-order valence-corrected chi connectivity index (χ1v) is 5.94. The Kier molecular flexibility index (Phi) is 3.46. The molecule has 1 heterocycles. The van der Waals surface area contributed by atoms with E-state index in [1.54, 1.807) is 4.90 Å². The zero-order valence-corrected chi connectivity index (χ0v) is 10.3. The molecular weight excluding hydrogens is 272 g/mol. The summed E-state index contributed by atoms with van der Waals surface area (Å²) in [6, 6.07) is 7.63. The Labute approximate surface area is 102 Å². The highest BCUT2D eigenvalue weighted by Gasteiger charge is 2.34. The second-order valence-corrected chi connectivity index (χ2v) is 4.48. The predicted molar refractivity (Wildman–Crippen MR) is 65.4 cm³/mol. The van der Waals surface area contributed by atoms with Gasteiger partial charge in [0.1, 0.15) is 6.61 Å². The fraction of sp³-hybridized carbons (Fsp3) is 0.364. The third-order valence-corrected chi connectivity index (χ3v) is 3.24. The molecule has 1 aromatic carbocycles. The van der Waals surface area contributed by atoms with E-state index in [4.69, 9.17) is 10.5 Å². The van der Waals surface area contributed by atoms with Gasteiger partial charge in [0.2, 0.25) is 0 Å². The lowest BCUT2D eigenvalue weighted by atomic mass is 10.2. The molecule has 2 rings (SSSR count). The van der Waals surface area contributed by atoms with Crippen LogP contribution in [-0.4, -0.2) is 25.3 Å². The molecule has 0 spiro atoms. The summed E-state index contributed by atoms with van der Waals surface area (Å²) < 4.78 is 5.94. The Morgan fingerprint density at radius 1 is 1.50 bits per heavy atom. The van der Waals surface area contributed by atoms with Crippen LogP contribution in [0, 0.1) is 0 Å². The molecule has 0 bridgehead atoms. The van der Waals surface area contributed by atoms with E-state index in [1.807, 2.05) is 24.3 Å². The maximum absolute atomic E-state index is 11.7. The molecule has 1 aliphatic heterocycles. The number of carbonyl (C=O) groups is 1. The molecule has 16 heavy (non-hydrogen) atoms. The Balaban J connectivity index is 2.30. The SMILES string of the molecule is NCCC1COC(=O)N1c1ccccc1Br. The minimum absolute atomic E-state index is 0.0381. The number of ether oxygens (including phenoxy) is 1. The number of hydrogen-bond donors (Lipinski definition) is 1. The third-order valence-electron chi connectivity index (χ3n) is 2.57. The lowest BCUT2D eigenvalue weighted by Gasteiger charge is -2.21. The van der Waals surface area contributed by atoms with Gasteiger partial charge in [0.05, 0.1) is 11.7 Å². The van der Waals surface area contributed by atoms with Crippen molar-refractivity contribution in [3.8, 4) is 0 Å². The van der Waals surface area contributed by atoms with E-state index in [-0.39, 0.29) is 12.1 Å². The van der Waals surface area contributed by atoms with Gasteiger partial charge in [0.25, 0.3) is 0 Å². The number of benzene rings is 1. The Morgan fingerprint density at radius 2 is 2.25 bits per heavy atom. The van der Waals surface area contributed by atoms with E-state index >= 15 is 0 Å². The van der Waals surface area contributed by atoms with Crippen LogP contribution in [-0.2, 0) is 4.74 Å². The van der Waals surface area contributed by atoms with E-state index < -0.39 is 0 Å². The summed E-state index contributed by atoms with van der Waals surface area (Å²) in [5.74, 6) is 0. The number of amides is 1. The van der Waals surface area contributed by atoms with Crippen molar-refractivity contribution in [1.29, 1.82) is 0 Å². The van der Waals surface area contributed by atoms with Crippen LogP contribution in [0.2, 0.25) is 0 Å². The summed E-state index contributed by atoms with van der Waals surface area (Å²) in [5.41, 5.74) is 6.36. The van der Waals surface area contributed by atoms with Gasteiger partial charge < -0.3 is 10.5 Å². The average molecular weight is 285 g/mol. The molecule has 1 saturated heterocycles. The van der Waals surface area contributed by atoms with Crippen molar-refractivity contribution in [2.24, 2.45) is 5.73 Å². The van der Waals surface area contributed by atoms with Gasteiger partial charge in [0, 0.05) is 4.47 Å². The molecular formula is C11H13BrN2O2. The zero-order valence-electron chi connectivity index (χ0n) is 8.73. The topological polar surface area (TPSA) is 55.6 Å². The molecule has 86 valence electrons. The number of cyclic esters (lactones) is 1.